The molecule has 1 aliphatic heterocycles. The van der Waals surface area contributed by atoms with Crippen molar-refractivity contribution in [3.05, 3.63) is 59.7 Å². The monoisotopic (exact) mass is 381 g/mol. The number of aliphatic hydroxyl groups excluding tert-OH is 1. The normalized spacial score (nSPS) is 22.1. The minimum absolute atomic E-state index is 0.0374. The van der Waals surface area contributed by atoms with E-state index in [1.807, 2.05) is 50.2 Å². The Morgan fingerprint density at radius 1 is 1.14 bits per heavy atom. The zero-order valence-corrected chi connectivity index (χ0v) is 16.4. The van der Waals surface area contributed by atoms with E-state index in [0.29, 0.717) is 24.9 Å². The molecular weight excluding hydrogens is 354 g/mol. The predicted molar refractivity (Wildman–Crippen MR) is 108 cm³/mol. The number of aliphatic hydroxyl groups is 1. The number of benzene rings is 2. The molecule has 1 amide bonds. The Bertz CT molecular complexity index is 861. The molecule has 0 bridgehead atoms. The summed E-state index contributed by atoms with van der Waals surface area (Å²) in [6.07, 6.45) is 0.326. The molecule has 0 radical (unpaired) electrons. The minimum Gasteiger partial charge on any atom is -0.481 e. The van der Waals surface area contributed by atoms with Crippen molar-refractivity contribution >= 4 is 11.9 Å². The first-order valence-electron chi connectivity index (χ1n) is 9.76. The van der Waals surface area contributed by atoms with Gasteiger partial charge < -0.3 is 15.1 Å². The van der Waals surface area contributed by atoms with Crippen molar-refractivity contribution < 1.29 is 19.8 Å². The molecule has 148 valence electrons. The smallest absolute Gasteiger partial charge is 0.314 e. The van der Waals surface area contributed by atoms with Gasteiger partial charge in [0.05, 0.1) is 6.10 Å². The van der Waals surface area contributed by atoms with E-state index in [1.54, 1.807) is 17.0 Å². The van der Waals surface area contributed by atoms with Crippen molar-refractivity contribution in [2.75, 3.05) is 13.1 Å². The average Bonchev–Trinajstić information content (AvgIpc) is 2.69. The van der Waals surface area contributed by atoms with Crippen LogP contribution in [0, 0.1) is 12.3 Å². The van der Waals surface area contributed by atoms with Crippen LogP contribution < -0.4 is 0 Å². The van der Waals surface area contributed by atoms with Crippen molar-refractivity contribution in [1.29, 1.82) is 0 Å². The van der Waals surface area contributed by atoms with Gasteiger partial charge in [-0.15, -0.1) is 0 Å². The van der Waals surface area contributed by atoms with Crippen molar-refractivity contribution in [3.8, 4) is 11.1 Å². The highest BCUT2D eigenvalue weighted by molar-refractivity contribution is 5.95. The SMILES string of the molecule is CCC[C@]1(C(=O)O)CN(C(=O)c2ccc(-c3ccccc3C)cc2)CC[C@H]1O. The lowest BCUT2D eigenvalue weighted by Gasteiger charge is -2.43. The Labute approximate surface area is 165 Å². The Balaban J connectivity index is 1.82. The molecule has 1 fully saturated rings. The highest BCUT2D eigenvalue weighted by Gasteiger charge is 2.49. The van der Waals surface area contributed by atoms with Crippen molar-refractivity contribution in [2.24, 2.45) is 5.41 Å². The Kier molecular flexibility index (Phi) is 5.84. The topological polar surface area (TPSA) is 77.8 Å². The molecule has 3 rings (SSSR count). The van der Waals surface area contributed by atoms with Crippen LogP contribution in [0.15, 0.2) is 48.5 Å². The molecule has 1 aliphatic rings. The van der Waals surface area contributed by atoms with E-state index in [-0.39, 0.29) is 18.9 Å². The summed E-state index contributed by atoms with van der Waals surface area (Å²) in [4.78, 5) is 26.5. The van der Waals surface area contributed by atoms with Gasteiger partial charge in [-0.25, -0.2) is 0 Å². The first-order valence-corrected chi connectivity index (χ1v) is 9.76. The Morgan fingerprint density at radius 2 is 1.82 bits per heavy atom. The number of carbonyl (C=O) groups excluding carboxylic acids is 1. The molecule has 2 N–H and O–H groups in total. The number of aliphatic carboxylic acids is 1. The second kappa shape index (κ2) is 8.15. The maximum atomic E-state index is 13.0. The van der Waals surface area contributed by atoms with E-state index in [0.717, 1.165) is 16.7 Å². The van der Waals surface area contributed by atoms with E-state index in [1.165, 1.54) is 0 Å². The van der Waals surface area contributed by atoms with Gasteiger partial charge in [0, 0.05) is 18.7 Å². The zero-order valence-electron chi connectivity index (χ0n) is 16.4. The number of hydrogen-bond donors (Lipinski definition) is 2. The fraction of sp³-hybridized carbons (Fsp3) is 0.391. The van der Waals surface area contributed by atoms with Crippen LogP contribution in [0.25, 0.3) is 11.1 Å². The molecule has 5 nitrogen and oxygen atoms in total. The fourth-order valence-electron chi connectivity index (χ4n) is 4.13. The number of rotatable bonds is 5. The zero-order chi connectivity index (χ0) is 20.3. The number of nitrogens with zero attached hydrogens (tertiary/aromatic N) is 1. The summed E-state index contributed by atoms with van der Waals surface area (Å²) in [6, 6.07) is 15.5. The van der Waals surface area contributed by atoms with Crippen LogP contribution >= 0.6 is 0 Å². The lowest BCUT2D eigenvalue weighted by Crippen LogP contribution is -2.57. The lowest BCUT2D eigenvalue weighted by atomic mass is 9.74. The number of carboxylic acids is 1. The van der Waals surface area contributed by atoms with Crippen LogP contribution in [-0.2, 0) is 4.79 Å². The predicted octanol–water partition coefficient (Wildman–Crippen LogP) is 3.74. The summed E-state index contributed by atoms with van der Waals surface area (Å²) in [6.45, 7) is 4.34. The summed E-state index contributed by atoms with van der Waals surface area (Å²) in [5.41, 5.74) is 2.57. The molecule has 0 aromatic heterocycles. The molecule has 2 atom stereocenters. The fourth-order valence-corrected chi connectivity index (χ4v) is 4.13. The molecule has 0 saturated carbocycles. The molecule has 0 aliphatic carbocycles. The molecule has 2 aromatic rings. The van der Waals surface area contributed by atoms with Crippen LogP contribution in [0.1, 0.15) is 42.1 Å². The van der Waals surface area contributed by atoms with Gasteiger partial charge in [-0.3, -0.25) is 9.59 Å². The number of carbonyl (C=O) groups is 2. The van der Waals surface area contributed by atoms with Crippen molar-refractivity contribution in [1.82, 2.24) is 4.90 Å². The summed E-state index contributed by atoms with van der Waals surface area (Å²) in [5, 5.41) is 20.1. The average molecular weight is 381 g/mol. The summed E-state index contributed by atoms with van der Waals surface area (Å²) >= 11 is 0. The third-order valence-corrected chi connectivity index (χ3v) is 5.78. The molecule has 28 heavy (non-hydrogen) atoms. The standard InChI is InChI=1S/C23H27NO4/c1-3-13-23(22(27)28)15-24(14-12-20(23)25)21(26)18-10-8-17(9-11-18)19-7-5-4-6-16(19)2/h4-11,20,25H,3,12-15H2,1-2H3,(H,27,28)/t20-,23+/m1/s1. The van der Waals surface area contributed by atoms with Crippen molar-refractivity contribution in [2.45, 2.75) is 39.2 Å². The first kappa shape index (κ1) is 20.1. The molecule has 0 unspecified atom stereocenters. The van der Waals surface area contributed by atoms with Crippen LogP contribution in [0.5, 0.6) is 0 Å². The van der Waals surface area contributed by atoms with Gasteiger partial charge in [0.2, 0.25) is 0 Å². The van der Waals surface area contributed by atoms with Gasteiger partial charge in [0.25, 0.3) is 5.91 Å². The minimum atomic E-state index is -1.29. The van der Waals surface area contributed by atoms with Crippen LogP contribution in [0.3, 0.4) is 0 Å². The number of carboxylic acid groups (broad SMARTS) is 1. The van der Waals surface area contributed by atoms with Gasteiger partial charge in [0.15, 0.2) is 0 Å². The van der Waals surface area contributed by atoms with Gasteiger partial charge >= 0.3 is 5.97 Å². The number of amides is 1. The van der Waals surface area contributed by atoms with Gasteiger partial charge in [-0.2, -0.15) is 0 Å². The molecule has 1 saturated heterocycles. The largest absolute Gasteiger partial charge is 0.481 e. The van der Waals surface area contributed by atoms with Gasteiger partial charge in [-0.1, -0.05) is 49.7 Å². The summed E-state index contributed by atoms with van der Waals surface area (Å²) < 4.78 is 0. The van der Waals surface area contributed by atoms with E-state index in [4.69, 9.17) is 0 Å². The first-order chi connectivity index (χ1) is 13.4. The second-order valence-corrected chi connectivity index (χ2v) is 7.63. The third kappa shape index (κ3) is 3.67. The quantitative estimate of drug-likeness (QED) is 0.827. The number of aryl methyl sites for hydroxylation is 1. The van der Waals surface area contributed by atoms with Crippen LogP contribution in [0.2, 0.25) is 0 Å². The Hall–Kier alpha value is -2.66. The number of likely N-dealkylation sites (tertiary alicyclic amines) is 1. The second-order valence-electron chi connectivity index (χ2n) is 7.63. The summed E-state index contributed by atoms with van der Waals surface area (Å²) in [5.74, 6) is -1.22. The molecule has 1 heterocycles. The lowest BCUT2D eigenvalue weighted by molar-refractivity contribution is -0.162. The molecule has 5 heteroatoms. The summed E-state index contributed by atoms with van der Waals surface area (Å²) in [7, 11) is 0. The van der Waals surface area contributed by atoms with Crippen LogP contribution in [0.4, 0.5) is 0 Å². The highest BCUT2D eigenvalue weighted by Crippen LogP contribution is 2.36. The van der Waals surface area contributed by atoms with E-state index < -0.39 is 17.5 Å². The van der Waals surface area contributed by atoms with Gasteiger partial charge in [0.1, 0.15) is 5.41 Å². The Morgan fingerprint density at radius 3 is 2.43 bits per heavy atom. The third-order valence-electron chi connectivity index (χ3n) is 5.78. The molecule has 0 spiro atoms. The van der Waals surface area contributed by atoms with Crippen LogP contribution in [-0.4, -0.2) is 46.2 Å². The number of piperidine rings is 1. The van der Waals surface area contributed by atoms with Crippen molar-refractivity contribution in [3.63, 3.8) is 0 Å². The molecular formula is C23H27NO4. The molecule has 2 aromatic carbocycles. The highest BCUT2D eigenvalue weighted by atomic mass is 16.4. The number of hydrogen-bond acceptors (Lipinski definition) is 3. The van der Waals surface area contributed by atoms with E-state index in [9.17, 15) is 19.8 Å². The maximum absolute atomic E-state index is 13.0. The van der Waals surface area contributed by atoms with E-state index >= 15 is 0 Å². The maximum Gasteiger partial charge on any atom is 0.314 e. The van der Waals surface area contributed by atoms with E-state index in [2.05, 4.69) is 0 Å². The van der Waals surface area contributed by atoms with Gasteiger partial charge in [-0.05, 0) is 48.6 Å².